The van der Waals surface area contributed by atoms with Gasteiger partial charge in [-0.25, -0.2) is 0 Å². The maximum absolute atomic E-state index is 2.33. The van der Waals surface area contributed by atoms with E-state index >= 15 is 0 Å². The molecule has 0 aliphatic heterocycles. The van der Waals surface area contributed by atoms with Crippen molar-refractivity contribution in [1.82, 2.24) is 0 Å². The summed E-state index contributed by atoms with van der Waals surface area (Å²) in [5, 5.41) is 14.0. The van der Waals surface area contributed by atoms with Crippen LogP contribution in [0.15, 0.2) is 133 Å². The fourth-order valence-electron chi connectivity index (χ4n) is 6.63. The van der Waals surface area contributed by atoms with Crippen LogP contribution in [-0.4, -0.2) is 0 Å². The first-order valence-corrected chi connectivity index (χ1v) is 15.3. The van der Waals surface area contributed by atoms with Gasteiger partial charge in [0.25, 0.3) is 0 Å². The molecule has 0 aliphatic carbocycles. The summed E-state index contributed by atoms with van der Waals surface area (Å²) in [6.45, 7) is 0. The second kappa shape index (κ2) is 8.50. The van der Waals surface area contributed by atoms with Crippen molar-refractivity contribution in [1.29, 1.82) is 0 Å². The van der Waals surface area contributed by atoms with Gasteiger partial charge in [-0.1, -0.05) is 121 Å². The number of thiophene rings is 2. The minimum Gasteiger partial charge on any atom is -0.142 e. The third-order valence-corrected chi connectivity index (χ3v) is 10.7. The molecular formula is C38H22S2. The van der Waals surface area contributed by atoms with Gasteiger partial charge in [0.2, 0.25) is 0 Å². The number of rotatable bonds is 2. The first kappa shape index (κ1) is 22.3. The van der Waals surface area contributed by atoms with Gasteiger partial charge >= 0.3 is 0 Å². The fraction of sp³-hybridized carbons (Fsp3) is 0. The van der Waals surface area contributed by atoms with Gasteiger partial charge in [0, 0.05) is 21.0 Å². The van der Waals surface area contributed by atoms with Crippen LogP contribution in [-0.2, 0) is 0 Å². The Morgan fingerprint density at radius 2 is 0.875 bits per heavy atom. The highest BCUT2D eigenvalue weighted by Gasteiger charge is 2.20. The zero-order chi connectivity index (χ0) is 26.2. The molecule has 0 N–H and O–H groups in total. The van der Waals surface area contributed by atoms with Crippen LogP contribution >= 0.6 is 22.7 Å². The molecule has 2 aromatic heterocycles. The van der Waals surface area contributed by atoms with Crippen molar-refractivity contribution in [2.75, 3.05) is 0 Å². The molecule has 0 nitrogen and oxygen atoms in total. The lowest BCUT2D eigenvalue weighted by atomic mass is 9.84. The van der Waals surface area contributed by atoms with Gasteiger partial charge in [-0.3, -0.25) is 0 Å². The first-order chi connectivity index (χ1) is 19.9. The summed E-state index contributed by atoms with van der Waals surface area (Å²) in [5.41, 5.74) is 5.25. The Hall–Kier alpha value is -4.50. The van der Waals surface area contributed by atoms with E-state index < -0.39 is 0 Å². The van der Waals surface area contributed by atoms with Crippen LogP contribution in [0.3, 0.4) is 0 Å². The number of hydrogen-bond acceptors (Lipinski definition) is 2. The average Bonchev–Trinajstić information content (AvgIpc) is 3.65. The number of fused-ring (bicyclic) bond motifs is 8. The zero-order valence-corrected chi connectivity index (χ0v) is 23.2. The van der Waals surface area contributed by atoms with E-state index in [0.717, 1.165) is 0 Å². The van der Waals surface area contributed by atoms with E-state index in [1.165, 1.54) is 84.8 Å². The highest BCUT2D eigenvalue weighted by molar-refractivity contribution is 7.31. The van der Waals surface area contributed by atoms with Crippen LogP contribution in [0.5, 0.6) is 0 Å². The average molecular weight is 543 g/mol. The lowest BCUT2D eigenvalue weighted by Gasteiger charge is -2.19. The lowest BCUT2D eigenvalue weighted by Crippen LogP contribution is -1.91. The fourth-order valence-corrected chi connectivity index (χ4v) is 9.01. The molecule has 0 fully saturated rings. The van der Waals surface area contributed by atoms with Crippen LogP contribution in [0, 0.1) is 0 Å². The molecular weight excluding hydrogens is 521 g/mol. The summed E-state index contributed by atoms with van der Waals surface area (Å²) >= 11 is 3.80. The van der Waals surface area contributed by atoms with Gasteiger partial charge in [0.05, 0.1) is 9.40 Å². The van der Waals surface area contributed by atoms with Gasteiger partial charge < -0.3 is 0 Å². The predicted molar refractivity (Wildman–Crippen MR) is 178 cm³/mol. The molecule has 0 bridgehead atoms. The second-order valence-corrected chi connectivity index (χ2v) is 12.4. The Morgan fingerprint density at radius 3 is 1.62 bits per heavy atom. The van der Waals surface area contributed by atoms with Crippen molar-refractivity contribution in [2.45, 2.75) is 0 Å². The molecule has 0 unspecified atom stereocenters. The molecule has 0 saturated heterocycles. The van der Waals surface area contributed by atoms with E-state index in [4.69, 9.17) is 0 Å². The molecule has 2 heteroatoms. The molecule has 186 valence electrons. The quantitative estimate of drug-likeness (QED) is 0.191. The third kappa shape index (κ3) is 3.06. The molecule has 0 aliphatic rings. The van der Waals surface area contributed by atoms with Crippen molar-refractivity contribution in [3.8, 4) is 22.3 Å². The van der Waals surface area contributed by atoms with Gasteiger partial charge in [-0.15, -0.1) is 22.7 Å². The highest BCUT2D eigenvalue weighted by atomic mass is 32.1. The summed E-state index contributed by atoms with van der Waals surface area (Å²) in [7, 11) is 0. The van der Waals surface area contributed by atoms with E-state index in [0.29, 0.717) is 0 Å². The maximum Gasteiger partial charge on any atom is 0.0533 e. The van der Waals surface area contributed by atoms with Gasteiger partial charge in [0.15, 0.2) is 0 Å². The summed E-state index contributed by atoms with van der Waals surface area (Å²) < 4.78 is 4.16. The standard InChI is InChI=1S/C38H22S2/c1-2-11-25-23(9-1)10-7-16-26(25)34-27-12-3-5-14-29(27)35(30-15-6-4-13-28(30)34)33-18-8-17-31-32-20-19-24-21-22-39-36(24)38(32)40-37(31)33/h1-22H. The molecule has 7 aromatic carbocycles. The Morgan fingerprint density at radius 1 is 0.325 bits per heavy atom. The monoisotopic (exact) mass is 542 g/mol. The van der Waals surface area contributed by atoms with Gasteiger partial charge in [-0.05, 0) is 65.8 Å². The van der Waals surface area contributed by atoms with Crippen molar-refractivity contribution in [3.63, 3.8) is 0 Å². The molecule has 0 spiro atoms. The van der Waals surface area contributed by atoms with Gasteiger partial charge in [0.1, 0.15) is 0 Å². The molecule has 40 heavy (non-hydrogen) atoms. The normalized spacial score (nSPS) is 12.0. The van der Waals surface area contributed by atoms with Crippen LogP contribution in [0.25, 0.3) is 84.8 Å². The van der Waals surface area contributed by atoms with Crippen molar-refractivity contribution < 1.29 is 0 Å². The van der Waals surface area contributed by atoms with Crippen molar-refractivity contribution in [3.05, 3.63) is 133 Å². The van der Waals surface area contributed by atoms with E-state index in [9.17, 15) is 0 Å². The smallest absolute Gasteiger partial charge is 0.0533 e. The number of benzene rings is 7. The van der Waals surface area contributed by atoms with Gasteiger partial charge in [-0.2, -0.15) is 0 Å². The third-order valence-electron chi connectivity index (χ3n) is 8.35. The molecule has 0 saturated carbocycles. The van der Waals surface area contributed by atoms with Crippen LogP contribution in [0.4, 0.5) is 0 Å². The topological polar surface area (TPSA) is 0 Å². The SMILES string of the molecule is c1ccc2c(-c3c4ccccc4c(-c4cccc5c4sc4c5ccc5ccsc54)c4ccccc34)cccc2c1. The maximum atomic E-state index is 2.33. The van der Waals surface area contributed by atoms with E-state index in [1.54, 1.807) is 0 Å². The largest absolute Gasteiger partial charge is 0.142 e. The van der Waals surface area contributed by atoms with Crippen LogP contribution in [0.2, 0.25) is 0 Å². The summed E-state index contributed by atoms with van der Waals surface area (Å²) in [6.07, 6.45) is 0. The Kier molecular flexibility index (Phi) is 4.74. The highest BCUT2D eigenvalue weighted by Crippen LogP contribution is 2.49. The Balaban J connectivity index is 1.46. The first-order valence-electron chi connectivity index (χ1n) is 13.6. The molecule has 0 radical (unpaired) electrons. The van der Waals surface area contributed by atoms with Crippen molar-refractivity contribution >= 4 is 85.2 Å². The van der Waals surface area contributed by atoms with E-state index in [-0.39, 0.29) is 0 Å². The molecule has 9 rings (SSSR count). The molecule has 0 amide bonds. The predicted octanol–water partition coefficient (Wildman–Crippen LogP) is 12.1. The Labute approximate surface area is 239 Å². The van der Waals surface area contributed by atoms with E-state index in [1.807, 2.05) is 22.7 Å². The number of hydrogen-bond donors (Lipinski definition) is 0. The molecule has 0 atom stereocenters. The minimum absolute atomic E-state index is 1.27. The van der Waals surface area contributed by atoms with Crippen LogP contribution in [0.1, 0.15) is 0 Å². The van der Waals surface area contributed by atoms with E-state index in [2.05, 4.69) is 133 Å². The van der Waals surface area contributed by atoms with Crippen molar-refractivity contribution in [2.24, 2.45) is 0 Å². The summed E-state index contributed by atoms with van der Waals surface area (Å²) in [5.74, 6) is 0. The Bertz CT molecular complexity index is 2370. The second-order valence-electron chi connectivity index (χ2n) is 10.4. The minimum atomic E-state index is 1.27. The van der Waals surface area contributed by atoms with Crippen LogP contribution < -0.4 is 0 Å². The summed E-state index contributed by atoms with van der Waals surface area (Å²) in [6, 6.07) is 47.1. The molecule has 2 heterocycles. The zero-order valence-electron chi connectivity index (χ0n) is 21.5. The lowest BCUT2D eigenvalue weighted by molar-refractivity contribution is 1.69. The molecule has 9 aromatic rings. The summed E-state index contributed by atoms with van der Waals surface area (Å²) in [4.78, 5) is 0.